The van der Waals surface area contributed by atoms with Crippen molar-refractivity contribution in [2.24, 2.45) is 0 Å². The van der Waals surface area contributed by atoms with Gasteiger partial charge in [-0.2, -0.15) is 13.2 Å². The normalized spacial score (nSPS) is 12.3. The monoisotopic (exact) mass is 448 g/mol. The van der Waals surface area contributed by atoms with E-state index in [1.54, 1.807) is 13.0 Å². The first-order chi connectivity index (χ1) is 15.2. The number of carbonyl (C=O) groups excluding carboxylic acids is 1. The average molecular weight is 448 g/mol. The summed E-state index contributed by atoms with van der Waals surface area (Å²) in [6.07, 6.45) is -2.85. The Morgan fingerprint density at radius 3 is 2.56 bits per heavy atom. The zero-order valence-corrected chi connectivity index (χ0v) is 17.0. The number of nitrogens with one attached hydrogen (secondary N) is 1. The van der Waals surface area contributed by atoms with Crippen LogP contribution in [-0.4, -0.2) is 28.6 Å². The highest BCUT2D eigenvalue weighted by Crippen LogP contribution is 2.35. The molecular weight excluding hydrogens is 428 g/mol. The molecule has 32 heavy (non-hydrogen) atoms. The summed E-state index contributed by atoms with van der Waals surface area (Å²) in [5, 5.41) is 11.9. The third-order valence-electron chi connectivity index (χ3n) is 4.67. The maximum Gasteiger partial charge on any atom is 0.416 e. The van der Waals surface area contributed by atoms with Crippen LogP contribution in [0.5, 0.6) is 11.6 Å². The highest BCUT2D eigenvalue weighted by Gasteiger charge is 2.30. The van der Waals surface area contributed by atoms with Crippen molar-refractivity contribution in [1.29, 1.82) is 0 Å². The van der Waals surface area contributed by atoms with E-state index in [0.717, 1.165) is 12.1 Å². The van der Waals surface area contributed by atoms with Gasteiger partial charge in [-0.25, -0.2) is 9.37 Å². The number of halogens is 4. The topological polar surface area (TPSA) is 71.5 Å². The third-order valence-corrected chi connectivity index (χ3v) is 4.67. The zero-order valence-electron chi connectivity index (χ0n) is 17.0. The molecule has 0 bridgehead atoms. The first-order valence-corrected chi connectivity index (χ1v) is 9.74. The molecule has 168 valence electrons. The molecule has 1 atom stereocenters. The number of amides is 1. The fourth-order valence-electron chi connectivity index (χ4n) is 2.91. The first-order valence-electron chi connectivity index (χ1n) is 9.74. The number of aromatic nitrogens is 1. The lowest BCUT2D eigenvalue weighted by Crippen LogP contribution is -2.37. The SMILES string of the molecule is CC[C@H](CO)NC(=O)c1cnc(Oc2cccc(C(F)(F)F)c2)c(-c2cccc(F)c2)c1. The highest BCUT2D eigenvalue weighted by atomic mass is 19.4. The third kappa shape index (κ3) is 5.61. The Labute approximate surface area is 181 Å². The van der Waals surface area contributed by atoms with Crippen LogP contribution in [0.4, 0.5) is 17.6 Å². The number of benzene rings is 2. The van der Waals surface area contributed by atoms with Gasteiger partial charge in [-0.3, -0.25) is 4.79 Å². The van der Waals surface area contributed by atoms with Crippen LogP contribution in [0.2, 0.25) is 0 Å². The van der Waals surface area contributed by atoms with E-state index in [9.17, 15) is 27.5 Å². The second-order valence-corrected chi connectivity index (χ2v) is 6.98. The first kappa shape index (κ1) is 23.2. The number of carbonyl (C=O) groups is 1. The van der Waals surface area contributed by atoms with E-state index in [2.05, 4.69) is 10.3 Å². The summed E-state index contributed by atoms with van der Waals surface area (Å²) in [5.41, 5.74) is -0.240. The van der Waals surface area contributed by atoms with Gasteiger partial charge < -0.3 is 15.2 Å². The van der Waals surface area contributed by atoms with Gasteiger partial charge in [-0.15, -0.1) is 0 Å². The molecule has 3 rings (SSSR count). The summed E-state index contributed by atoms with van der Waals surface area (Å²) < 4.78 is 58.5. The van der Waals surface area contributed by atoms with Crippen molar-refractivity contribution in [3.05, 3.63) is 77.7 Å². The predicted octanol–water partition coefficient (Wildman–Crippen LogP) is 5.20. The van der Waals surface area contributed by atoms with Crippen LogP contribution in [0.1, 0.15) is 29.3 Å². The van der Waals surface area contributed by atoms with Gasteiger partial charge in [-0.1, -0.05) is 25.1 Å². The van der Waals surface area contributed by atoms with E-state index < -0.39 is 29.5 Å². The molecule has 0 aliphatic carbocycles. The molecule has 1 heterocycles. The predicted molar refractivity (Wildman–Crippen MR) is 110 cm³/mol. The van der Waals surface area contributed by atoms with E-state index in [1.807, 2.05) is 0 Å². The number of aliphatic hydroxyl groups is 1. The molecule has 0 unspecified atom stereocenters. The lowest BCUT2D eigenvalue weighted by molar-refractivity contribution is -0.137. The molecule has 5 nitrogen and oxygen atoms in total. The molecule has 0 fully saturated rings. The summed E-state index contributed by atoms with van der Waals surface area (Å²) in [7, 11) is 0. The minimum atomic E-state index is -4.55. The van der Waals surface area contributed by atoms with E-state index in [1.165, 1.54) is 42.6 Å². The van der Waals surface area contributed by atoms with Crippen LogP contribution in [0, 0.1) is 5.82 Å². The molecule has 2 N–H and O–H groups in total. The van der Waals surface area contributed by atoms with Gasteiger partial charge in [0, 0.05) is 11.8 Å². The minimum absolute atomic E-state index is 0.0966. The van der Waals surface area contributed by atoms with Crippen molar-refractivity contribution in [3.63, 3.8) is 0 Å². The number of rotatable bonds is 7. The largest absolute Gasteiger partial charge is 0.438 e. The standard InChI is InChI=1S/C23H20F4N2O3/c1-2-18(13-30)29-21(31)15-10-20(14-5-3-7-17(24)9-14)22(28-12-15)32-19-8-4-6-16(11-19)23(25,26)27/h3-12,18,30H,2,13H2,1H3,(H,29,31)/t18-/m1/s1. The smallest absolute Gasteiger partial charge is 0.416 e. The number of ether oxygens (including phenoxy) is 1. The van der Waals surface area contributed by atoms with E-state index >= 15 is 0 Å². The molecule has 3 aromatic rings. The Morgan fingerprint density at radius 1 is 1.16 bits per heavy atom. The summed E-state index contributed by atoms with van der Waals surface area (Å²) in [5.74, 6) is -1.27. The maximum atomic E-state index is 13.8. The van der Waals surface area contributed by atoms with Crippen LogP contribution in [0.15, 0.2) is 60.8 Å². The molecule has 0 radical (unpaired) electrons. The molecule has 0 spiro atoms. The van der Waals surface area contributed by atoms with Gasteiger partial charge in [0.2, 0.25) is 5.88 Å². The molecule has 1 aromatic heterocycles. The number of aliphatic hydroxyl groups excluding tert-OH is 1. The van der Waals surface area contributed by atoms with Crippen LogP contribution in [0.3, 0.4) is 0 Å². The Bertz CT molecular complexity index is 1100. The number of pyridine rings is 1. The second kappa shape index (κ2) is 9.78. The summed E-state index contributed by atoms with van der Waals surface area (Å²) in [6, 6.07) is 10.6. The van der Waals surface area contributed by atoms with Crippen molar-refractivity contribution in [1.82, 2.24) is 10.3 Å². The van der Waals surface area contributed by atoms with Crippen molar-refractivity contribution >= 4 is 5.91 Å². The summed E-state index contributed by atoms with van der Waals surface area (Å²) in [6.45, 7) is 1.55. The molecule has 9 heteroatoms. The van der Waals surface area contributed by atoms with E-state index in [0.29, 0.717) is 12.0 Å². The van der Waals surface area contributed by atoms with Gasteiger partial charge in [-0.05, 0) is 48.4 Å². The molecule has 0 saturated heterocycles. The van der Waals surface area contributed by atoms with Gasteiger partial charge in [0.1, 0.15) is 11.6 Å². The Balaban J connectivity index is 2.01. The number of alkyl halides is 3. The van der Waals surface area contributed by atoms with Crippen molar-refractivity contribution < 1.29 is 32.2 Å². The van der Waals surface area contributed by atoms with Crippen LogP contribution in [-0.2, 0) is 6.18 Å². The van der Waals surface area contributed by atoms with Crippen molar-refractivity contribution in [2.75, 3.05) is 6.61 Å². The van der Waals surface area contributed by atoms with Crippen LogP contribution >= 0.6 is 0 Å². The zero-order chi connectivity index (χ0) is 23.3. The summed E-state index contributed by atoms with van der Waals surface area (Å²) in [4.78, 5) is 16.6. The van der Waals surface area contributed by atoms with Crippen molar-refractivity contribution in [3.8, 4) is 22.8 Å². The summed E-state index contributed by atoms with van der Waals surface area (Å²) >= 11 is 0. The fraction of sp³-hybridized carbons (Fsp3) is 0.217. The van der Waals surface area contributed by atoms with Gasteiger partial charge in [0.05, 0.1) is 23.8 Å². The Morgan fingerprint density at radius 2 is 1.91 bits per heavy atom. The molecule has 0 aliphatic rings. The molecule has 2 aromatic carbocycles. The van der Waals surface area contributed by atoms with Crippen molar-refractivity contribution in [2.45, 2.75) is 25.6 Å². The highest BCUT2D eigenvalue weighted by molar-refractivity contribution is 5.95. The number of nitrogens with zero attached hydrogens (tertiary/aromatic N) is 1. The van der Waals surface area contributed by atoms with Gasteiger partial charge in [0.15, 0.2) is 0 Å². The lowest BCUT2D eigenvalue weighted by atomic mass is 10.0. The van der Waals surface area contributed by atoms with E-state index in [4.69, 9.17) is 4.74 Å². The maximum absolute atomic E-state index is 13.8. The molecule has 0 aliphatic heterocycles. The van der Waals surface area contributed by atoms with E-state index in [-0.39, 0.29) is 29.4 Å². The Kier molecular flexibility index (Phi) is 7.09. The minimum Gasteiger partial charge on any atom is -0.438 e. The lowest BCUT2D eigenvalue weighted by Gasteiger charge is -2.16. The van der Waals surface area contributed by atoms with Crippen LogP contribution < -0.4 is 10.1 Å². The number of hydrogen-bond donors (Lipinski definition) is 2. The van der Waals surface area contributed by atoms with Gasteiger partial charge >= 0.3 is 6.18 Å². The quantitative estimate of drug-likeness (QED) is 0.488. The molecule has 0 saturated carbocycles. The average Bonchev–Trinajstić information content (AvgIpc) is 2.77. The fourth-order valence-corrected chi connectivity index (χ4v) is 2.91. The Hall–Kier alpha value is -3.46. The second-order valence-electron chi connectivity index (χ2n) is 6.98. The molecular formula is C23H20F4N2O3. The number of hydrogen-bond acceptors (Lipinski definition) is 4. The van der Waals surface area contributed by atoms with Crippen LogP contribution in [0.25, 0.3) is 11.1 Å². The van der Waals surface area contributed by atoms with Gasteiger partial charge in [0.25, 0.3) is 5.91 Å². The molecule has 1 amide bonds.